The zero-order valence-corrected chi connectivity index (χ0v) is 11.1. The Morgan fingerprint density at radius 1 is 1.00 bits per heavy atom. The normalized spacial score (nSPS) is 10.6. The average molecular weight is 257 g/mol. The van der Waals surface area contributed by atoms with Crippen molar-refractivity contribution in [2.24, 2.45) is 0 Å². The van der Waals surface area contributed by atoms with E-state index in [4.69, 9.17) is 0 Å². The Morgan fingerprint density at radius 2 is 1.79 bits per heavy atom. The first kappa shape index (κ1) is 13.4. The smallest absolute Gasteiger partial charge is 0.157 e. The Bertz CT molecular complexity index is 552. The SMILES string of the molecule is Cc1ccccc1CCNCc1ccc(O)c(O)c1. The van der Waals surface area contributed by atoms with Gasteiger partial charge in [0.25, 0.3) is 0 Å². The van der Waals surface area contributed by atoms with Crippen LogP contribution in [0.25, 0.3) is 0 Å². The summed E-state index contributed by atoms with van der Waals surface area (Å²) in [6, 6.07) is 13.3. The number of hydrogen-bond donors (Lipinski definition) is 3. The summed E-state index contributed by atoms with van der Waals surface area (Å²) in [5, 5.41) is 21.9. The third-order valence-electron chi connectivity index (χ3n) is 3.20. The fourth-order valence-corrected chi connectivity index (χ4v) is 2.03. The average Bonchev–Trinajstić information content (AvgIpc) is 2.40. The van der Waals surface area contributed by atoms with Crippen LogP contribution in [-0.2, 0) is 13.0 Å². The maximum absolute atomic E-state index is 9.39. The highest BCUT2D eigenvalue weighted by Crippen LogP contribution is 2.24. The molecule has 0 aliphatic carbocycles. The molecular weight excluding hydrogens is 238 g/mol. The highest BCUT2D eigenvalue weighted by atomic mass is 16.3. The summed E-state index contributed by atoms with van der Waals surface area (Å²) < 4.78 is 0. The molecule has 0 saturated carbocycles. The number of rotatable bonds is 5. The van der Waals surface area contributed by atoms with Gasteiger partial charge in [0.1, 0.15) is 0 Å². The van der Waals surface area contributed by atoms with Crippen molar-refractivity contribution in [3.8, 4) is 11.5 Å². The molecule has 3 heteroatoms. The molecule has 0 amide bonds. The van der Waals surface area contributed by atoms with E-state index in [-0.39, 0.29) is 11.5 Å². The molecule has 0 aliphatic rings. The molecule has 0 atom stereocenters. The standard InChI is InChI=1S/C16H19NO2/c1-12-4-2-3-5-14(12)8-9-17-11-13-6-7-15(18)16(19)10-13/h2-7,10,17-19H,8-9,11H2,1H3. The molecule has 0 fully saturated rings. The van der Waals surface area contributed by atoms with E-state index < -0.39 is 0 Å². The van der Waals surface area contributed by atoms with Crippen molar-refractivity contribution in [1.29, 1.82) is 0 Å². The summed E-state index contributed by atoms with van der Waals surface area (Å²) >= 11 is 0. The second kappa shape index (κ2) is 6.25. The second-order valence-corrected chi connectivity index (χ2v) is 4.68. The second-order valence-electron chi connectivity index (χ2n) is 4.68. The summed E-state index contributed by atoms with van der Waals surface area (Å²) in [5.74, 6) is -0.151. The Kier molecular flexibility index (Phi) is 4.42. The lowest BCUT2D eigenvalue weighted by molar-refractivity contribution is 0.403. The van der Waals surface area contributed by atoms with Crippen molar-refractivity contribution >= 4 is 0 Å². The highest BCUT2D eigenvalue weighted by molar-refractivity contribution is 5.40. The minimum Gasteiger partial charge on any atom is -0.504 e. The molecule has 2 aromatic rings. The van der Waals surface area contributed by atoms with Crippen LogP contribution in [0.4, 0.5) is 0 Å². The third kappa shape index (κ3) is 3.73. The fraction of sp³-hybridized carbons (Fsp3) is 0.250. The minimum absolute atomic E-state index is 0.0711. The zero-order chi connectivity index (χ0) is 13.7. The van der Waals surface area contributed by atoms with Crippen LogP contribution in [-0.4, -0.2) is 16.8 Å². The van der Waals surface area contributed by atoms with Gasteiger partial charge in [0.2, 0.25) is 0 Å². The van der Waals surface area contributed by atoms with Crippen LogP contribution in [0.15, 0.2) is 42.5 Å². The number of phenols is 2. The van der Waals surface area contributed by atoms with Crippen molar-refractivity contribution in [3.05, 3.63) is 59.2 Å². The van der Waals surface area contributed by atoms with Crippen LogP contribution in [0.2, 0.25) is 0 Å². The van der Waals surface area contributed by atoms with Crippen molar-refractivity contribution in [2.75, 3.05) is 6.54 Å². The molecule has 0 spiro atoms. The number of aromatic hydroxyl groups is 2. The van der Waals surface area contributed by atoms with Crippen LogP contribution in [0.3, 0.4) is 0 Å². The van der Waals surface area contributed by atoms with Gasteiger partial charge in [-0.2, -0.15) is 0 Å². The molecule has 2 rings (SSSR count). The molecule has 0 aromatic heterocycles. The van der Waals surface area contributed by atoms with Gasteiger partial charge >= 0.3 is 0 Å². The first-order valence-corrected chi connectivity index (χ1v) is 6.43. The number of benzene rings is 2. The van der Waals surface area contributed by atoms with Gasteiger partial charge < -0.3 is 15.5 Å². The summed E-state index contributed by atoms with van der Waals surface area (Å²) in [4.78, 5) is 0. The lowest BCUT2D eigenvalue weighted by Gasteiger charge is -2.08. The van der Waals surface area contributed by atoms with E-state index in [2.05, 4.69) is 30.4 Å². The monoisotopic (exact) mass is 257 g/mol. The van der Waals surface area contributed by atoms with Gasteiger partial charge in [-0.1, -0.05) is 30.3 Å². The van der Waals surface area contributed by atoms with Crippen LogP contribution in [0.1, 0.15) is 16.7 Å². The molecule has 2 aromatic carbocycles. The highest BCUT2D eigenvalue weighted by Gasteiger charge is 2.01. The summed E-state index contributed by atoms with van der Waals surface area (Å²) in [5.41, 5.74) is 3.62. The molecule has 100 valence electrons. The fourth-order valence-electron chi connectivity index (χ4n) is 2.03. The van der Waals surface area contributed by atoms with Crippen molar-refractivity contribution in [2.45, 2.75) is 19.9 Å². The molecular formula is C16H19NO2. The Hall–Kier alpha value is -2.00. The van der Waals surface area contributed by atoms with Gasteiger partial charge in [0.05, 0.1) is 0 Å². The van der Waals surface area contributed by atoms with Gasteiger partial charge in [-0.15, -0.1) is 0 Å². The molecule has 0 saturated heterocycles. The topological polar surface area (TPSA) is 52.5 Å². The number of aryl methyl sites for hydroxylation is 1. The van der Waals surface area contributed by atoms with E-state index in [1.807, 2.05) is 6.07 Å². The van der Waals surface area contributed by atoms with Crippen LogP contribution in [0.5, 0.6) is 11.5 Å². The van der Waals surface area contributed by atoms with Crippen molar-refractivity contribution in [3.63, 3.8) is 0 Å². The molecule has 0 radical (unpaired) electrons. The maximum Gasteiger partial charge on any atom is 0.157 e. The van der Waals surface area contributed by atoms with Crippen LogP contribution >= 0.6 is 0 Å². The first-order valence-electron chi connectivity index (χ1n) is 6.43. The number of nitrogens with one attached hydrogen (secondary N) is 1. The zero-order valence-electron chi connectivity index (χ0n) is 11.1. The van der Waals surface area contributed by atoms with Gasteiger partial charge in [0.15, 0.2) is 11.5 Å². The molecule has 3 N–H and O–H groups in total. The molecule has 0 aliphatic heterocycles. The lowest BCUT2D eigenvalue weighted by Crippen LogP contribution is -2.16. The number of hydrogen-bond acceptors (Lipinski definition) is 3. The minimum atomic E-state index is -0.0799. The maximum atomic E-state index is 9.39. The predicted octanol–water partition coefficient (Wildman–Crippen LogP) is 2.74. The Balaban J connectivity index is 1.81. The lowest BCUT2D eigenvalue weighted by atomic mass is 10.1. The van der Waals surface area contributed by atoms with Gasteiger partial charge in [0, 0.05) is 6.54 Å². The molecule has 0 unspecified atom stereocenters. The Morgan fingerprint density at radius 3 is 2.53 bits per heavy atom. The van der Waals surface area contributed by atoms with Gasteiger partial charge in [-0.3, -0.25) is 0 Å². The molecule has 0 bridgehead atoms. The summed E-state index contributed by atoms with van der Waals surface area (Å²) in [6.07, 6.45) is 0.983. The largest absolute Gasteiger partial charge is 0.504 e. The van der Waals surface area contributed by atoms with Crippen molar-refractivity contribution < 1.29 is 10.2 Å². The van der Waals surface area contributed by atoms with Gasteiger partial charge in [-0.05, 0) is 48.7 Å². The van der Waals surface area contributed by atoms with E-state index in [1.54, 1.807) is 12.1 Å². The summed E-state index contributed by atoms with van der Waals surface area (Å²) in [7, 11) is 0. The first-order chi connectivity index (χ1) is 9.16. The van der Waals surface area contributed by atoms with Crippen LogP contribution in [0, 0.1) is 6.92 Å². The number of phenolic OH excluding ortho intramolecular Hbond substituents is 2. The molecule has 3 nitrogen and oxygen atoms in total. The predicted molar refractivity (Wildman–Crippen MR) is 76.4 cm³/mol. The van der Waals surface area contributed by atoms with Crippen LogP contribution < -0.4 is 5.32 Å². The van der Waals surface area contributed by atoms with Crippen molar-refractivity contribution in [1.82, 2.24) is 5.32 Å². The third-order valence-corrected chi connectivity index (χ3v) is 3.20. The van der Waals surface area contributed by atoms with E-state index >= 15 is 0 Å². The Labute approximate surface area is 113 Å². The van der Waals surface area contributed by atoms with E-state index in [1.165, 1.54) is 17.2 Å². The molecule has 0 heterocycles. The van der Waals surface area contributed by atoms with Gasteiger partial charge in [-0.25, -0.2) is 0 Å². The van der Waals surface area contributed by atoms with E-state index in [0.717, 1.165) is 18.5 Å². The molecule has 19 heavy (non-hydrogen) atoms. The summed E-state index contributed by atoms with van der Waals surface area (Å²) in [6.45, 7) is 3.68. The van der Waals surface area contributed by atoms with E-state index in [0.29, 0.717) is 6.54 Å². The van der Waals surface area contributed by atoms with E-state index in [9.17, 15) is 10.2 Å². The quantitative estimate of drug-likeness (QED) is 0.570.